The van der Waals surface area contributed by atoms with Gasteiger partial charge in [0, 0.05) is 18.1 Å². The minimum Gasteiger partial charge on any atom is -0.498 e. The van der Waals surface area contributed by atoms with E-state index in [4.69, 9.17) is 14.5 Å². The van der Waals surface area contributed by atoms with Crippen LogP contribution in [0, 0.1) is 23.2 Å². The second-order valence-corrected chi connectivity index (χ2v) is 11.5. The van der Waals surface area contributed by atoms with Crippen molar-refractivity contribution in [3.63, 3.8) is 0 Å². The monoisotopic (exact) mass is 480 g/mol. The molecular formula is C26H30N3O4S+. The lowest BCUT2D eigenvalue weighted by Crippen LogP contribution is -2.57. The summed E-state index contributed by atoms with van der Waals surface area (Å²) in [5.74, 6) is 2.77. The normalized spacial score (nSPS) is 33.8. The molecule has 1 unspecified atom stereocenters. The maximum atomic E-state index is 13.8. The van der Waals surface area contributed by atoms with Crippen molar-refractivity contribution >= 4 is 34.7 Å². The average Bonchev–Trinajstić information content (AvgIpc) is 3.33. The predicted octanol–water partition coefficient (Wildman–Crippen LogP) is 3.42. The number of hydrazine groups is 1. The molecule has 4 fully saturated rings. The van der Waals surface area contributed by atoms with Crippen LogP contribution in [0.15, 0.2) is 46.0 Å². The van der Waals surface area contributed by atoms with Gasteiger partial charge in [0.25, 0.3) is 5.91 Å². The fourth-order valence-corrected chi connectivity index (χ4v) is 7.79. The van der Waals surface area contributed by atoms with E-state index < -0.39 is 6.10 Å². The molecule has 4 bridgehead atoms. The molecule has 7 nitrogen and oxygen atoms in total. The van der Waals surface area contributed by atoms with Gasteiger partial charge in [-0.25, -0.2) is 4.79 Å². The predicted molar refractivity (Wildman–Crippen MR) is 128 cm³/mol. The van der Waals surface area contributed by atoms with Gasteiger partial charge >= 0.3 is 11.7 Å². The fourth-order valence-electron chi connectivity index (χ4n) is 7.08. The first-order chi connectivity index (χ1) is 16.5. The van der Waals surface area contributed by atoms with Gasteiger partial charge in [-0.3, -0.25) is 4.79 Å². The Hall–Kier alpha value is -2.58. The van der Waals surface area contributed by atoms with Crippen molar-refractivity contribution in [3.05, 3.63) is 45.9 Å². The van der Waals surface area contributed by atoms with Crippen molar-refractivity contribution in [2.24, 2.45) is 28.2 Å². The zero-order valence-corrected chi connectivity index (χ0v) is 20.4. The van der Waals surface area contributed by atoms with E-state index in [9.17, 15) is 9.59 Å². The van der Waals surface area contributed by atoms with Crippen LogP contribution in [0.5, 0.6) is 0 Å². The highest BCUT2D eigenvalue weighted by atomic mass is 32.1. The topological polar surface area (TPSA) is 80.0 Å². The number of ether oxygens (including phenoxy) is 2. The maximum absolute atomic E-state index is 13.8. The second kappa shape index (κ2) is 8.27. The number of thiophene rings is 1. The van der Waals surface area contributed by atoms with E-state index in [1.807, 2.05) is 17.5 Å². The molecule has 1 aromatic heterocycles. The molecule has 0 radical (unpaired) electrons. The van der Waals surface area contributed by atoms with Crippen molar-refractivity contribution in [2.45, 2.75) is 51.0 Å². The van der Waals surface area contributed by atoms with Gasteiger partial charge in [-0.2, -0.15) is 5.43 Å². The van der Waals surface area contributed by atoms with Crippen molar-refractivity contribution < 1.29 is 23.7 Å². The minimum absolute atomic E-state index is 0.0184. The van der Waals surface area contributed by atoms with Gasteiger partial charge in [-0.05, 0) is 78.8 Å². The lowest BCUT2D eigenvalue weighted by Gasteiger charge is -2.55. The van der Waals surface area contributed by atoms with E-state index >= 15 is 0 Å². The number of hydrazone groups is 1. The highest BCUT2D eigenvalue weighted by Crippen LogP contribution is 2.60. The molecule has 1 N–H and O–H groups in total. The molecule has 1 atom stereocenters. The summed E-state index contributed by atoms with van der Waals surface area (Å²) in [6.07, 6.45) is 10.1. The summed E-state index contributed by atoms with van der Waals surface area (Å²) in [6, 6.07) is 4.00. The first-order valence-electron chi connectivity index (χ1n) is 12.1. The largest absolute Gasteiger partial charge is 0.498 e. The van der Waals surface area contributed by atoms with Crippen LogP contribution in [0.1, 0.15) is 43.4 Å². The number of carbonyl (C=O) groups excluding carboxylic acids is 2. The molecule has 0 spiro atoms. The van der Waals surface area contributed by atoms with Gasteiger partial charge in [0.2, 0.25) is 0 Å². The van der Waals surface area contributed by atoms with Crippen LogP contribution in [0.2, 0.25) is 0 Å². The Kier molecular flexibility index (Phi) is 5.33. The number of allylic oxidation sites excluding steroid dienone is 1. The SMILES string of the molecule is COC1=CC2=NC(Cc3cccs3)=[N+](NC(=O)C34CC5CC(CC(C5)C3)C4)C(=O)C2=CC1OC. The van der Waals surface area contributed by atoms with Gasteiger partial charge in [0.05, 0.1) is 18.9 Å². The lowest BCUT2D eigenvalue weighted by molar-refractivity contribution is -0.496. The number of nitrogens with zero attached hydrogens (tertiary/aromatic N) is 2. The molecule has 1 aromatic rings. The summed E-state index contributed by atoms with van der Waals surface area (Å²) in [5, 5.41) is 2.00. The molecule has 178 valence electrons. The van der Waals surface area contributed by atoms with E-state index in [1.54, 1.807) is 37.7 Å². The molecular weight excluding hydrogens is 450 g/mol. The molecule has 2 amide bonds. The molecule has 0 saturated heterocycles. The van der Waals surface area contributed by atoms with Crippen LogP contribution >= 0.6 is 11.3 Å². The van der Waals surface area contributed by atoms with E-state index in [-0.39, 0.29) is 17.2 Å². The molecule has 34 heavy (non-hydrogen) atoms. The zero-order valence-electron chi connectivity index (χ0n) is 19.6. The third kappa shape index (κ3) is 3.58. The zero-order chi connectivity index (χ0) is 23.4. The van der Waals surface area contributed by atoms with Crippen molar-refractivity contribution in [1.29, 1.82) is 0 Å². The van der Waals surface area contributed by atoms with E-state index in [1.165, 1.54) is 23.9 Å². The summed E-state index contributed by atoms with van der Waals surface area (Å²) in [5.41, 5.74) is 3.66. The number of hydrogen-bond acceptors (Lipinski definition) is 6. The summed E-state index contributed by atoms with van der Waals surface area (Å²) in [6.45, 7) is 0. The Morgan fingerprint density at radius 1 is 1.21 bits per heavy atom. The molecule has 5 aliphatic carbocycles. The number of methoxy groups -OCH3 is 2. The fraction of sp³-hybridized carbons (Fsp3) is 0.538. The Morgan fingerprint density at radius 3 is 2.50 bits per heavy atom. The van der Waals surface area contributed by atoms with Crippen molar-refractivity contribution in [1.82, 2.24) is 5.43 Å². The lowest BCUT2D eigenvalue weighted by atomic mass is 9.49. The van der Waals surface area contributed by atoms with Crippen LogP contribution < -0.4 is 5.43 Å². The van der Waals surface area contributed by atoms with E-state index in [0.717, 1.165) is 24.1 Å². The van der Waals surface area contributed by atoms with Crippen LogP contribution in [0.25, 0.3) is 0 Å². The van der Waals surface area contributed by atoms with Gasteiger partial charge < -0.3 is 9.47 Å². The summed E-state index contributed by atoms with van der Waals surface area (Å²) in [7, 11) is 3.15. The number of carbonyl (C=O) groups is 2. The molecule has 4 saturated carbocycles. The average molecular weight is 481 g/mol. The number of fused-ring (bicyclic) bond motifs is 1. The third-order valence-electron chi connectivity index (χ3n) is 8.23. The molecule has 6 aliphatic rings. The molecule has 8 heteroatoms. The summed E-state index contributed by atoms with van der Waals surface area (Å²) < 4.78 is 12.4. The number of rotatable bonds is 6. The van der Waals surface area contributed by atoms with Crippen molar-refractivity contribution in [2.75, 3.05) is 14.2 Å². The van der Waals surface area contributed by atoms with Crippen LogP contribution in [0.3, 0.4) is 0 Å². The summed E-state index contributed by atoms with van der Waals surface area (Å²) >= 11 is 1.61. The van der Waals surface area contributed by atoms with Crippen LogP contribution in [0.4, 0.5) is 0 Å². The van der Waals surface area contributed by atoms with E-state index in [0.29, 0.717) is 47.1 Å². The molecule has 2 heterocycles. The Bertz CT molecular complexity index is 1130. The van der Waals surface area contributed by atoms with Gasteiger partial charge in [0.1, 0.15) is 17.4 Å². The van der Waals surface area contributed by atoms with Crippen LogP contribution in [-0.2, 0) is 25.5 Å². The number of amides is 2. The van der Waals surface area contributed by atoms with E-state index in [2.05, 4.69) is 5.43 Å². The second-order valence-electron chi connectivity index (χ2n) is 10.4. The third-order valence-corrected chi connectivity index (χ3v) is 9.11. The first kappa shape index (κ1) is 21.9. The smallest absolute Gasteiger partial charge is 0.368 e. The first-order valence-corrected chi connectivity index (χ1v) is 13.0. The van der Waals surface area contributed by atoms with Crippen molar-refractivity contribution in [3.8, 4) is 0 Å². The number of amidine groups is 1. The van der Waals surface area contributed by atoms with Gasteiger partial charge in [-0.15, -0.1) is 11.3 Å². The highest BCUT2D eigenvalue weighted by molar-refractivity contribution is 7.10. The highest BCUT2D eigenvalue weighted by Gasteiger charge is 2.55. The number of nitrogens with one attached hydrogen (secondary N) is 1. The number of hydrogen-bond donors (Lipinski definition) is 1. The molecule has 1 aliphatic heterocycles. The summed E-state index contributed by atoms with van der Waals surface area (Å²) in [4.78, 5) is 33.4. The Balaban J connectivity index is 1.37. The number of aliphatic imine (C=N–C) groups is 1. The standard InChI is InChI=1S/C26H29N3O4S/c1-32-21-10-19-20(11-22(21)33-2)27-23(9-18-4-3-5-34-18)29(24(19)30)28-25(31)26-12-15-6-16(13-26)8-17(7-15)14-26/h3-5,10-11,15-17,21H,6-9,12-14H2,1-2H3/p+1. The quantitative estimate of drug-likeness (QED) is 0.633. The van der Waals surface area contributed by atoms with Crippen LogP contribution in [-0.4, -0.2) is 48.4 Å². The Morgan fingerprint density at radius 2 is 1.91 bits per heavy atom. The minimum atomic E-state index is -0.470. The maximum Gasteiger partial charge on any atom is 0.368 e. The Labute approximate surface area is 203 Å². The molecule has 7 rings (SSSR count). The van der Waals surface area contributed by atoms with Gasteiger partial charge in [0.15, 0.2) is 5.71 Å². The van der Waals surface area contributed by atoms with Gasteiger partial charge in [-0.1, -0.05) is 10.8 Å². The molecule has 0 aromatic carbocycles.